The van der Waals surface area contributed by atoms with Crippen LogP contribution >= 0.6 is 0 Å². The molecular weight excluding hydrogens is 386 g/mol. The van der Waals surface area contributed by atoms with Crippen molar-refractivity contribution in [2.24, 2.45) is 0 Å². The van der Waals surface area contributed by atoms with E-state index in [2.05, 4.69) is 0 Å². The number of pyridine rings is 2. The van der Waals surface area contributed by atoms with Crippen LogP contribution in [0, 0.1) is 10.4 Å². The number of hydrogen-bond acceptors (Lipinski definition) is 5. The number of aromatic nitrogens is 2. The first-order valence-electron chi connectivity index (χ1n) is 4.98. The van der Waals surface area contributed by atoms with Gasteiger partial charge >= 0.3 is 117 Å². The van der Waals surface area contributed by atoms with Crippen molar-refractivity contribution in [3.8, 4) is 0 Å². The van der Waals surface area contributed by atoms with E-state index in [0.717, 1.165) is 0 Å². The van der Waals surface area contributed by atoms with Crippen LogP contribution in [0.5, 0.6) is 0 Å². The fraction of sp³-hybridized carbons (Fsp3) is 0. The molecule has 2 aromatic rings. The summed E-state index contributed by atoms with van der Waals surface area (Å²) in [4.78, 5) is 0. The third kappa shape index (κ3) is 3.28. The zero-order valence-corrected chi connectivity index (χ0v) is 12.8. The first kappa shape index (κ1) is 13.9. The summed E-state index contributed by atoms with van der Waals surface area (Å²) in [6.45, 7) is 0. The summed E-state index contributed by atoms with van der Waals surface area (Å²) in [5, 5.41) is 22.7. The van der Waals surface area contributed by atoms with Gasteiger partial charge in [-0.05, 0) is 0 Å². The van der Waals surface area contributed by atoms with Crippen molar-refractivity contribution in [3.63, 3.8) is 0 Å². The van der Waals surface area contributed by atoms with Crippen LogP contribution in [0.25, 0.3) is 0 Å². The molecule has 0 aliphatic rings. The Balaban J connectivity index is 2.19. The molecule has 2 heterocycles. The summed E-state index contributed by atoms with van der Waals surface area (Å²) in [5.74, 6) is 0. The number of rotatable bonds is 4. The topological polar surface area (TPSA) is 97.2 Å². The van der Waals surface area contributed by atoms with Crippen LogP contribution < -0.4 is 18.6 Å². The summed E-state index contributed by atoms with van der Waals surface area (Å²) in [6.07, 6.45) is 2.34. The van der Waals surface area contributed by atoms with Crippen LogP contribution in [0.1, 0.15) is 0 Å². The Bertz CT molecular complexity index is 594. The molecule has 0 atom stereocenters. The van der Waals surface area contributed by atoms with Crippen LogP contribution in [-0.2, 0) is 10.6 Å². The molecule has 19 heavy (non-hydrogen) atoms. The molecular formula is C10H8N2O5Se2. The molecule has 0 aromatic carbocycles. The van der Waals surface area contributed by atoms with E-state index in [1.54, 1.807) is 0 Å². The molecule has 0 fully saturated rings. The van der Waals surface area contributed by atoms with Crippen molar-refractivity contribution >= 4 is 37.5 Å². The Labute approximate surface area is 117 Å². The molecule has 0 unspecified atom stereocenters. The van der Waals surface area contributed by atoms with Crippen LogP contribution in [0.4, 0.5) is 0 Å². The van der Waals surface area contributed by atoms with E-state index in [1.165, 1.54) is 48.8 Å². The molecule has 9 heteroatoms. The SMILES string of the molecule is O=[Se](O[Se](=O)c1cccc[n+]1[O-])c1cccc[n+]1[O-]. The van der Waals surface area contributed by atoms with Crippen molar-refractivity contribution in [2.45, 2.75) is 0 Å². The van der Waals surface area contributed by atoms with Gasteiger partial charge < -0.3 is 0 Å². The van der Waals surface area contributed by atoms with Crippen LogP contribution in [-0.4, -0.2) is 28.3 Å². The molecule has 0 aliphatic heterocycles. The Morgan fingerprint density at radius 3 is 1.63 bits per heavy atom. The summed E-state index contributed by atoms with van der Waals surface area (Å²) < 4.78 is 29.2. The van der Waals surface area contributed by atoms with E-state index in [1.807, 2.05) is 0 Å². The van der Waals surface area contributed by atoms with Crippen LogP contribution in [0.3, 0.4) is 0 Å². The van der Waals surface area contributed by atoms with Gasteiger partial charge in [-0.1, -0.05) is 0 Å². The van der Waals surface area contributed by atoms with Crippen molar-refractivity contribution < 1.29 is 20.0 Å². The molecule has 0 radical (unpaired) electrons. The zero-order valence-electron chi connectivity index (χ0n) is 9.37. The second-order valence-electron chi connectivity index (χ2n) is 3.27. The van der Waals surface area contributed by atoms with Crippen molar-refractivity contribution in [1.82, 2.24) is 0 Å². The number of hydrogen-bond donors (Lipinski definition) is 0. The predicted molar refractivity (Wildman–Crippen MR) is 64.0 cm³/mol. The van der Waals surface area contributed by atoms with Gasteiger partial charge in [0.2, 0.25) is 0 Å². The van der Waals surface area contributed by atoms with Gasteiger partial charge in [0.25, 0.3) is 0 Å². The van der Waals surface area contributed by atoms with E-state index in [-0.39, 0.29) is 9.18 Å². The Hall–Kier alpha value is -1.50. The molecule has 100 valence electrons. The van der Waals surface area contributed by atoms with Crippen LogP contribution in [0.15, 0.2) is 48.8 Å². The monoisotopic (exact) mass is 396 g/mol. The standard InChI is InChI=1S/C10H8N2O5Se2/c13-11-7-3-1-5-9(11)18(15)17-19(16)10-6-2-4-8-12(10)14/h1-8H. The molecule has 0 saturated carbocycles. The molecule has 0 saturated heterocycles. The maximum atomic E-state index is 11.8. The van der Waals surface area contributed by atoms with Crippen molar-refractivity contribution in [2.75, 3.05) is 0 Å². The average Bonchev–Trinajstić information content (AvgIpc) is 2.39. The zero-order chi connectivity index (χ0) is 13.8. The summed E-state index contributed by atoms with van der Waals surface area (Å²) in [6, 6.07) is 8.67. The Morgan fingerprint density at radius 2 is 1.26 bits per heavy atom. The van der Waals surface area contributed by atoms with Gasteiger partial charge in [0.05, 0.1) is 0 Å². The van der Waals surface area contributed by atoms with Gasteiger partial charge in [-0.15, -0.1) is 0 Å². The van der Waals surface area contributed by atoms with Gasteiger partial charge in [0, 0.05) is 0 Å². The fourth-order valence-electron chi connectivity index (χ4n) is 1.21. The molecule has 0 N–H and O–H groups in total. The van der Waals surface area contributed by atoms with Crippen molar-refractivity contribution in [3.05, 3.63) is 59.2 Å². The molecule has 2 aromatic heterocycles. The summed E-state index contributed by atoms with van der Waals surface area (Å²) in [5.41, 5.74) is 0. The first-order chi connectivity index (χ1) is 9.09. The average molecular weight is 394 g/mol. The van der Waals surface area contributed by atoms with E-state index in [4.69, 9.17) is 2.90 Å². The maximum absolute atomic E-state index is 11.8. The molecule has 0 bridgehead atoms. The Kier molecular flexibility index (Phi) is 4.47. The molecule has 7 nitrogen and oxygen atoms in total. The minimum absolute atomic E-state index is 0.0829. The van der Waals surface area contributed by atoms with Gasteiger partial charge in [-0.2, -0.15) is 0 Å². The molecule has 2 rings (SSSR count). The van der Waals surface area contributed by atoms with Crippen molar-refractivity contribution in [1.29, 1.82) is 0 Å². The van der Waals surface area contributed by atoms with E-state index < -0.39 is 28.3 Å². The summed E-state index contributed by atoms with van der Waals surface area (Å²) >= 11 is -6.42. The van der Waals surface area contributed by atoms with E-state index >= 15 is 0 Å². The number of nitrogens with zero attached hydrogens (tertiary/aromatic N) is 2. The third-order valence-electron chi connectivity index (χ3n) is 2.04. The Morgan fingerprint density at radius 1 is 0.842 bits per heavy atom. The second-order valence-corrected chi connectivity index (χ2v) is 8.76. The minimum atomic E-state index is -3.21. The molecule has 0 amide bonds. The van der Waals surface area contributed by atoms with E-state index in [0.29, 0.717) is 9.46 Å². The fourth-order valence-corrected chi connectivity index (χ4v) is 6.15. The van der Waals surface area contributed by atoms with Crippen LogP contribution in [0.2, 0.25) is 0 Å². The molecule has 0 aliphatic carbocycles. The predicted octanol–water partition coefficient (Wildman–Crippen LogP) is -2.08. The summed E-state index contributed by atoms with van der Waals surface area (Å²) in [7, 11) is 0. The third-order valence-corrected chi connectivity index (χ3v) is 8.01. The van der Waals surface area contributed by atoms with Gasteiger partial charge in [-0.25, -0.2) is 0 Å². The quantitative estimate of drug-likeness (QED) is 0.337. The van der Waals surface area contributed by atoms with Gasteiger partial charge in [0.1, 0.15) is 0 Å². The second kappa shape index (κ2) is 6.10. The van der Waals surface area contributed by atoms with Gasteiger partial charge in [0.15, 0.2) is 0 Å². The normalized spacial score (nSPS) is 13.9. The first-order valence-corrected chi connectivity index (χ1v) is 9.49. The molecule has 0 spiro atoms. The van der Waals surface area contributed by atoms with Gasteiger partial charge in [-0.3, -0.25) is 0 Å². The van der Waals surface area contributed by atoms with E-state index in [9.17, 15) is 18.1 Å².